The minimum absolute atomic E-state index is 0.137. The lowest BCUT2D eigenvalue weighted by Crippen LogP contribution is -2.39. The zero-order chi connectivity index (χ0) is 22.5. The van der Waals surface area contributed by atoms with Gasteiger partial charge in [-0.3, -0.25) is 9.20 Å². The van der Waals surface area contributed by atoms with E-state index >= 15 is 0 Å². The summed E-state index contributed by atoms with van der Waals surface area (Å²) in [6, 6.07) is 6.93. The zero-order valence-electron chi connectivity index (χ0n) is 18.6. The van der Waals surface area contributed by atoms with Crippen LogP contribution < -0.4 is 4.90 Å². The summed E-state index contributed by atoms with van der Waals surface area (Å²) in [5, 5.41) is 4.78. The van der Waals surface area contributed by atoms with Crippen molar-refractivity contribution in [2.75, 3.05) is 24.5 Å². The molecule has 0 saturated carbocycles. The largest absolute Gasteiger partial charge is 0.356 e. The number of hydrogen-bond donors (Lipinski definition) is 0. The molecule has 0 radical (unpaired) electrons. The fourth-order valence-electron chi connectivity index (χ4n) is 5.15. The van der Waals surface area contributed by atoms with E-state index in [1.54, 1.807) is 33.8 Å². The van der Waals surface area contributed by atoms with Gasteiger partial charge in [0.25, 0.3) is 5.91 Å². The van der Waals surface area contributed by atoms with E-state index in [0.717, 1.165) is 55.1 Å². The van der Waals surface area contributed by atoms with Crippen molar-refractivity contribution in [3.05, 3.63) is 59.6 Å². The summed E-state index contributed by atoms with van der Waals surface area (Å²) in [7, 11) is 0. The maximum absolute atomic E-state index is 15.0. The third kappa shape index (κ3) is 3.34. The number of hydrogen-bond acceptors (Lipinski definition) is 5. The number of anilines is 1. The molecule has 0 N–H and O–H groups in total. The van der Waals surface area contributed by atoms with Crippen LogP contribution in [0.1, 0.15) is 59.9 Å². The SMILES string of the molecule is Cc1cn2nc([C@@H]3CCCCN3C(=O)c3nc4ccccn4c3F)cc2nc1N1CCCC1. The Balaban J connectivity index is 1.36. The van der Waals surface area contributed by atoms with E-state index in [2.05, 4.69) is 16.8 Å². The van der Waals surface area contributed by atoms with E-state index in [1.165, 1.54) is 17.2 Å². The summed E-state index contributed by atoms with van der Waals surface area (Å²) in [6.45, 7) is 4.67. The van der Waals surface area contributed by atoms with Crippen LogP contribution in [0.5, 0.6) is 0 Å². The van der Waals surface area contributed by atoms with Gasteiger partial charge < -0.3 is 9.80 Å². The number of rotatable bonds is 3. The predicted molar refractivity (Wildman–Crippen MR) is 122 cm³/mol. The van der Waals surface area contributed by atoms with Crippen LogP contribution in [0.2, 0.25) is 0 Å². The molecule has 6 rings (SSSR count). The Kier molecular flexibility index (Phi) is 4.78. The van der Waals surface area contributed by atoms with Crippen LogP contribution in [0.25, 0.3) is 11.3 Å². The lowest BCUT2D eigenvalue weighted by molar-refractivity contribution is 0.0594. The fourth-order valence-corrected chi connectivity index (χ4v) is 5.15. The second-order valence-electron chi connectivity index (χ2n) is 9.00. The fraction of sp³-hybridized carbons (Fsp3) is 0.417. The summed E-state index contributed by atoms with van der Waals surface area (Å²) >= 11 is 0. The van der Waals surface area contributed by atoms with E-state index < -0.39 is 5.95 Å². The van der Waals surface area contributed by atoms with Crippen LogP contribution in [0.3, 0.4) is 0 Å². The van der Waals surface area contributed by atoms with Gasteiger partial charge in [0.2, 0.25) is 5.95 Å². The predicted octanol–water partition coefficient (Wildman–Crippen LogP) is 3.79. The minimum Gasteiger partial charge on any atom is -0.356 e. The second-order valence-corrected chi connectivity index (χ2v) is 9.00. The number of carbonyl (C=O) groups excluding carboxylic acids is 1. The molecular formula is C24H26FN7O. The Bertz CT molecular complexity index is 1350. The summed E-state index contributed by atoms with van der Waals surface area (Å²) < 4.78 is 18.1. The first-order chi connectivity index (χ1) is 16.1. The molecule has 9 heteroatoms. The number of imidazole rings is 1. The van der Waals surface area contributed by atoms with Gasteiger partial charge in [-0.1, -0.05) is 6.07 Å². The van der Waals surface area contributed by atoms with Gasteiger partial charge in [0.1, 0.15) is 11.5 Å². The molecule has 0 aliphatic carbocycles. The van der Waals surface area contributed by atoms with Crippen molar-refractivity contribution in [3.63, 3.8) is 0 Å². The number of piperidine rings is 1. The Hall–Kier alpha value is -3.49. The average molecular weight is 448 g/mol. The number of pyridine rings is 1. The monoisotopic (exact) mass is 447 g/mol. The van der Waals surface area contributed by atoms with Gasteiger partial charge in [-0.05, 0) is 51.2 Å². The number of aryl methyl sites for hydroxylation is 1. The van der Waals surface area contributed by atoms with Gasteiger partial charge >= 0.3 is 0 Å². The van der Waals surface area contributed by atoms with Crippen LogP contribution in [0.15, 0.2) is 36.7 Å². The average Bonchev–Trinajstić information content (AvgIpc) is 3.57. The van der Waals surface area contributed by atoms with Crippen LogP contribution in [0.4, 0.5) is 10.2 Å². The van der Waals surface area contributed by atoms with E-state index in [-0.39, 0.29) is 17.6 Å². The molecule has 8 nitrogen and oxygen atoms in total. The highest BCUT2D eigenvalue weighted by atomic mass is 19.1. The topological polar surface area (TPSA) is 71.0 Å². The van der Waals surface area contributed by atoms with Crippen molar-refractivity contribution in [2.24, 2.45) is 0 Å². The van der Waals surface area contributed by atoms with Crippen molar-refractivity contribution in [3.8, 4) is 0 Å². The molecule has 170 valence electrons. The number of aromatic nitrogens is 5. The van der Waals surface area contributed by atoms with Crippen LogP contribution in [-0.2, 0) is 0 Å². The Morgan fingerprint density at radius 2 is 1.88 bits per heavy atom. The summed E-state index contributed by atoms with van der Waals surface area (Å²) in [5.74, 6) is -0.00267. The van der Waals surface area contributed by atoms with Gasteiger partial charge in [-0.15, -0.1) is 0 Å². The van der Waals surface area contributed by atoms with Crippen LogP contribution in [-0.4, -0.2) is 54.4 Å². The van der Waals surface area contributed by atoms with E-state index in [9.17, 15) is 9.18 Å². The van der Waals surface area contributed by atoms with Crippen molar-refractivity contribution in [1.29, 1.82) is 0 Å². The molecule has 0 unspecified atom stereocenters. The molecule has 1 atom stereocenters. The lowest BCUT2D eigenvalue weighted by Gasteiger charge is -2.34. The second kappa shape index (κ2) is 7.83. The molecule has 4 aromatic rings. The molecule has 4 aromatic heterocycles. The lowest BCUT2D eigenvalue weighted by atomic mass is 9.99. The first-order valence-corrected chi connectivity index (χ1v) is 11.7. The normalized spacial score (nSPS) is 19.2. The number of nitrogens with zero attached hydrogens (tertiary/aromatic N) is 7. The maximum atomic E-state index is 15.0. The van der Waals surface area contributed by atoms with E-state index in [4.69, 9.17) is 10.1 Å². The third-order valence-corrected chi connectivity index (χ3v) is 6.81. The summed E-state index contributed by atoms with van der Waals surface area (Å²) in [6.07, 6.45) is 8.61. The zero-order valence-corrected chi connectivity index (χ0v) is 18.6. The molecule has 2 saturated heterocycles. The minimum atomic E-state index is -0.623. The highest BCUT2D eigenvalue weighted by molar-refractivity contribution is 5.93. The molecule has 2 aliphatic heterocycles. The van der Waals surface area contributed by atoms with Crippen molar-refractivity contribution in [2.45, 2.75) is 45.1 Å². The molecule has 2 aliphatic rings. The summed E-state index contributed by atoms with van der Waals surface area (Å²) in [4.78, 5) is 26.6. The number of carbonyl (C=O) groups is 1. The van der Waals surface area contributed by atoms with Gasteiger partial charge in [0.05, 0.1) is 11.7 Å². The van der Waals surface area contributed by atoms with Crippen LogP contribution >= 0.6 is 0 Å². The van der Waals surface area contributed by atoms with Crippen molar-refractivity contribution in [1.82, 2.24) is 28.9 Å². The highest BCUT2D eigenvalue weighted by Gasteiger charge is 2.34. The van der Waals surface area contributed by atoms with E-state index in [0.29, 0.717) is 12.2 Å². The number of halogens is 1. The molecule has 33 heavy (non-hydrogen) atoms. The van der Waals surface area contributed by atoms with Crippen molar-refractivity contribution >= 4 is 23.0 Å². The number of likely N-dealkylation sites (tertiary alicyclic amines) is 1. The molecule has 0 bridgehead atoms. The molecule has 2 fully saturated rings. The Morgan fingerprint density at radius 3 is 2.70 bits per heavy atom. The Morgan fingerprint density at radius 1 is 1.06 bits per heavy atom. The number of fused-ring (bicyclic) bond motifs is 2. The van der Waals surface area contributed by atoms with E-state index in [1.807, 2.05) is 12.3 Å². The van der Waals surface area contributed by atoms with Gasteiger partial charge in [0.15, 0.2) is 11.3 Å². The maximum Gasteiger partial charge on any atom is 0.277 e. The highest BCUT2D eigenvalue weighted by Crippen LogP contribution is 2.33. The molecule has 1 amide bonds. The van der Waals surface area contributed by atoms with Crippen molar-refractivity contribution < 1.29 is 9.18 Å². The first-order valence-electron chi connectivity index (χ1n) is 11.7. The standard InChI is InChI=1S/C24H26FN7O/c1-16-15-32-20(27-23(16)29-10-6-7-11-29)14-17(28-32)18-8-2-4-12-30(18)24(33)21-22(25)31-13-5-3-9-19(31)26-21/h3,5,9,13-15,18H,2,4,6-8,10-12H2,1H3/t18-/m0/s1. The van der Waals surface area contributed by atoms with Crippen LogP contribution in [0, 0.1) is 12.9 Å². The third-order valence-electron chi connectivity index (χ3n) is 6.81. The van der Waals surface area contributed by atoms with Gasteiger partial charge in [-0.2, -0.15) is 9.49 Å². The van der Waals surface area contributed by atoms with Gasteiger partial charge in [0, 0.05) is 43.7 Å². The summed E-state index contributed by atoms with van der Waals surface area (Å²) in [5.41, 5.74) is 2.94. The molecule has 0 spiro atoms. The molecule has 0 aromatic carbocycles. The molecular weight excluding hydrogens is 421 g/mol. The first kappa shape index (κ1) is 20.1. The molecule has 6 heterocycles. The number of amides is 1. The smallest absolute Gasteiger partial charge is 0.277 e. The Labute approximate surface area is 190 Å². The quantitative estimate of drug-likeness (QED) is 0.478. The van der Waals surface area contributed by atoms with Gasteiger partial charge in [-0.25, -0.2) is 14.5 Å².